The number of nitrogens with one attached hydrogen (secondary N) is 1. The average Bonchev–Trinajstić information content (AvgIpc) is 3.08. The second kappa shape index (κ2) is 7.39. The molecule has 0 spiro atoms. The van der Waals surface area contributed by atoms with Crippen molar-refractivity contribution in [2.24, 2.45) is 0 Å². The Morgan fingerprint density at radius 2 is 1.71 bits per heavy atom. The lowest BCUT2D eigenvalue weighted by Gasteiger charge is -2.37. The molecule has 0 radical (unpaired) electrons. The maximum absolute atomic E-state index is 9.66. The number of likely N-dealkylation sites (tertiary alicyclic amines) is 1. The average molecular weight is 288 g/mol. The van der Waals surface area contributed by atoms with Gasteiger partial charge in [-0.2, -0.15) is 0 Å². The first-order valence-corrected chi connectivity index (χ1v) is 8.52. The predicted octanol–water partition coefficient (Wildman–Crippen LogP) is 2.72. The van der Waals surface area contributed by atoms with Crippen molar-refractivity contribution in [3.63, 3.8) is 0 Å². The van der Waals surface area contributed by atoms with Gasteiger partial charge in [-0.3, -0.25) is 0 Å². The lowest BCUT2D eigenvalue weighted by atomic mass is 9.99. The van der Waals surface area contributed by atoms with E-state index in [1.165, 1.54) is 57.2 Å². The Kier molecular flexibility index (Phi) is 5.28. The summed E-state index contributed by atoms with van der Waals surface area (Å²) in [6.45, 7) is 2.61. The Bertz CT molecular complexity index is 408. The van der Waals surface area contributed by atoms with Crippen LogP contribution < -0.4 is 5.32 Å². The zero-order valence-electron chi connectivity index (χ0n) is 12.9. The topological polar surface area (TPSA) is 35.5 Å². The van der Waals surface area contributed by atoms with E-state index in [1.807, 2.05) is 18.2 Å². The number of benzene rings is 1. The fourth-order valence-corrected chi connectivity index (χ4v) is 3.92. The first-order valence-electron chi connectivity index (χ1n) is 8.52. The largest absolute Gasteiger partial charge is 0.394 e. The second-order valence-corrected chi connectivity index (χ2v) is 6.56. The molecule has 0 amide bonds. The van der Waals surface area contributed by atoms with Crippen molar-refractivity contribution in [3.8, 4) is 0 Å². The van der Waals surface area contributed by atoms with Crippen LogP contribution in [-0.2, 0) is 0 Å². The molecule has 1 aromatic carbocycles. The van der Waals surface area contributed by atoms with Gasteiger partial charge < -0.3 is 15.3 Å². The Labute approximate surface area is 128 Å². The third-order valence-electron chi connectivity index (χ3n) is 5.19. The summed E-state index contributed by atoms with van der Waals surface area (Å²) < 4.78 is 0. The third-order valence-corrected chi connectivity index (χ3v) is 5.19. The molecule has 1 aromatic rings. The summed E-state index contributed by atoms with van der Waals surface area (Å²) in [5.41, 5.74) is 1.19. The van der Waals surface area contributed by atoms with Gasteiger partial charge in [-0.25, -0.2) is 0 Å². The van der Waals surface area contributed by atoms with Crippen LogP contribution in [0.25, 0.3) is 0 Å². The number of nitrogens with zero attached hydrogens (tertiary/aromatic N) is 1. The molecule has 1 aliphatic heterocycles. The molecule has 1 saturated carbocycles. The standard InChI is InChI=1S/C18H28N2O/c21-14-18(15-6-2-1-3-7-15)19-16-10-12-20(13-11-16)17-8-4-5-9-17/h1-3,6-7,16-19,21H,4-5,8-14H2. The van der Waals surface area contributed by atoms with Crippen LogP contribution in [0.3, 0.4) is 0 Å². The van der Waals surface area contributed by atoms with Gasteiger partial charge in [-0.15, -0.1) is 0 Å². The zero-order chi connectivity index (χ0) is 14.5. The summed E-state index contributed by atoms with van der Waals surface area (Å²) >= 11 is 0. The van der Waals surface area contributed by atoms with Crippen molar-refractivity contribution in [1.82, 2.24) is 10.2 Å². The van der Waals surface area contributed by atoms with Crippen LogP contribution in [0, 0.1) is 0 Å². The summed E-state index contributed by atoms with van der Waals surface area (Å²) in [4.78, 5) is 2.70. The van der Waals surface area contributed by atoms with Gasteiger partial charge in [0.15, 0.2) is 0 Å². The first kappa shape index (κ1) is 15.0. The van der Waals surface area contributed by atoms with E-state index in [-0.39, 0.29) is 12.6 Å². The van der Waals surface area contributed by atoms with E-state index in [2.05, 4.69) is 22.3 Å². The molecular weight excluding hydrogens is 260 g/mol. The van der Waals surface area contributed by atoms with Crippen LogP contribution in [0.1, 0.15) is 50.1 Å². The highest BCUT2D eigenvalue weighted by molar-refractivity contribution is 5.19. The van der Waals surface area contributed by atoms with E-state index >= 15 is 0 Å². The van der Waals surface area contributed by atoms with E-state index in [0.29, 0.717) is 6.04 Å². The van der Waals surface area contributed by atoms with Crippen molar-refractivity contribution < 1.29 is 5.11 Å². The van der Waals surface area contributed by atoms with Crippen molar-refractivity contribution in [1.29, 1.82) is 0 Å². The van der Waals surface area contributed by atoms with Crippen molar-refractivity contribution in [2.45, 2.75) is 56.7 Å². The molecule has 1 heterocycles. The molecule has 21 heavy (non-hydrogen) atoms. The molecule has 2 aliphatic rings. The normalized spacial score (nSPS) is 23.5. The quantitative estimate of drug-likeness (QED) is 0.874. The number of piperidine rings is 1. The van der Waals surface area contributed by atoms with Gasteiger partial charge in [0.1, 0.15) is 0 Å². The number of hydrogen-bond acceptors (Lipinski definition) is 3. The summed E-state index contributed by atoms with van der Waals surface area (Å²) in [5.74, 6) is 0. The lowest BCUT2D eigenvalue weighted by Crippen LogP contribution is -2.47. The molecular formula is C18H28N2O. The van der Waals surface area contributed by atoms with E-state index < -0.39 is 0 Å². The van der Waals surface area contributed by atoms with Crippen LogP contribution in [0.15, 0.2) is 30.3 Å². The Balaban J connectivity index is 1.50. The van der Waals surface area contributed by atoms with Gasteiger partial charge in [0.05, 0.1) is 12.6 Å². The minimum atomic E-state index is 0.0780. The van der Waals surface area contributed by atoms with Gasteiger partial charge >= 0.3 is 0 Å². The van der Waals surface area contributed by atoms with Gasteiger partial charge in [-0.1, -0.05) is 43.2 Å². The second-order valence-electron chi connectivity index (χ2n) is 6.56. The first-order chi connectivity index (χ1) is 10.4. The zero-order valence-corrected chi connectivity index (χ0v) is 12.9. The van der Waals surface area contributed by atoms with Crippen LogP contribution in [-0.4, -0.2) is 41.8 Å². The van der Waals surface area contributed by atoms with E-state index in [4.69, 9.17) is 0 Å². The number of aliphatic hydroxyl groups excluding tert-OH is 1. The van der Waals surface area contributed by atoms with Crippen molar-refractivity contribution >= 4 is 0 Å². The highest BCUT2D eigenvalue weighted by Gasteiger charge is 2.27. The Morgan fingerprint density at radius 3 is 2.33 bits per heavy atom. The van der Waals surface area contributed by atoms with Crippen molar-refractivity contribution in [2.75, 3.05) is 19.7 Å². The molecule has 1 saturated heterocycles. The lowest BCUT2D eigenvalue weighted by molar-refractivity contribution is 0.133. The number of hydrogen-bond donors (Lipinski definition) is 2. The third kappa shape index (κ3) is 3.85. The molecule has 1 atom stereocenters. The van der Waals surface area contributed by atoms with Crippen LogP contribution in [0.2, 0.25) is 0 Å². The van der Waals surface area contributed by atoms with Crippen LogP contribution in [0.4, 0.5) is 0 Å². The monoisotopic (exact) mass is 288 g/mol. The molecule has 1 unspecified atom stereocenters. The summed E-state index contributed by atoms with van der Waals surface area (Å²) in [6.07, 6.45) is 8.06. The van der Waals surface area contributed by atoms with Gasteiger partial charge in [0.2, 0.25) is 0 Å². The van der Waals surface area contributed by atoms with Gasteiger partial charge in [0.25, 0.3) is 0 Å². The van der Waals surface area contributed by atoms with Crippen molar-refractivity contribution in [3.05, 3.63) is 35.9 Å². The number of rotatable bonds is 5. The molecule has 2 N–H and O–H groups in total. The summed E-state index contributed by atoms with van der Waals surface area (Å²) in [7, 11) is 0. The predicted molar refractivity (Wildman–Crippen MR) is 86.3 cm³/mol. The van der Waals surface area contributed by atoms with E-state index in [0.717, 1.165) is 6.04 Å². The fraction of sp³-hybridized carbons (Fsp3) is 0.667. The molecule has 1 aliphatic carbocycles. The highest BCUT2D eigenvalue weighted by Crippen LogP contribution is 2.26. The molecule has 116 valence electrons. The molecule has 0 bridgehead atoms. The van der Waals surface area contributed by atoms with Gasteiger partial charge in [-0.05, 0) is 44.3 Å². The van der Waals surface area contributed by atoms with E-state index in [1.54, 1.807) is 0 Å². The minimum Gasteiger partial charge on any atom is -0.394 e. The Morgan fingerprint density at radius 1 is 1.05 bits per heavy atom. The highest BCUT2D eigenvalue weighted by atomic mass is 16.3. The van der Waals surface area contributed by atoms with Crippen LogP contribution >= 0.6 is 0 Å². The molecule has 3 rings (SSSR count). The summed E-state index contributed by atoms with van der Waals surface area (Å²) in [5, 5.41) is 13.3. The maximum Gasteiger partial charge on any atom is 0.0626 e. The molecule has 0 aromatic heterocycles. The molecule has 3 nitrogen and oxygen atoms in total. The number of aliphatic hydroxyl groups is 1. The molecule has 3 heteroatoms. The minimum absolute atomic E-state index is 0.0780. The fourth-order valence-electron chi connectivity index (χ4n) is 3.92. The summed E-state index contributed by atoms with van der Waals surface area (Å²) in [6, 6.07) is 11.8. The maximum atomic E-state index is 9.66. The molecule has 2 fully saturated rings. The Hall–Kier alpha value is -0.900. The SMILES string of the molecule is OCC(NC1CCN(C2CCCC2)CC1)c1ccccc1. The van der Waals surface area contributed by atoms with Gasteiger partial charge in [0, 0.05) is 12.1 Å². The van der Waals surface area contributed by atoms with Crippen LogP contribution in [0.5, 0.6) is 0 Å². The van der Waals surface area contributed by atoms with E-state index in [9.17, 15) is 5.11 Å². The smallest absolute Gasteiger partial charge is 0.0626 e.